The first-order valence-corrected chi connectivity index (χ1v) is 12.3. The van der Waals surface area contributed by atoms with E-state index >= 15 is 0 Å². The number of anilines is 1. The molecule has 0 radical (unpaired) electrons. The molecule has 0 aliphatic carbocycles. The van der Waals surface area contributed by atoms with Gasteiger partial charge in [0.1, 0.15) is 18.4 Å². The Morgan fingerprint density at radius 3 is 2.31 bits per heavy atom. The fraction of sp³-hybridized carbons (Fsp3) is 0.364. The Balaban J connectivity index is 2.42. The minimum Gasteiger partial charge on any atom is -0.355 e. The van der Waals surface area contributed by atoms with Crippen LogP contribution < -0.4 is 9.62 Å². The molecule has 0 heterocycles. The smallest absolute Gasteiger partial charge is 0.244 e. The second kappa shape index (κ2) is 11.3. The highest BCUT2D eigenvalue weighted by molar-refractivity contribution is 7.92. The van der Waals surface area contributed by atoms with Gasteiger partial charge in [-0.05, 0) is 37.1 Å². The van der Waals surface area contributed by atoms with Crippen LogP contribution in [0.2, 0.25) is 5.02 Å². The normalized spacial score (nSPS) is 12.2. The largest absolute Gasteiger partial charge is 0.355 e. The summed E-state index contributed by atoms with van der Waals surface area (Å²) >= 11 is 5.82. The molecule has 1 atom stereocenters. The summed E-state index contributed by atoms with van der Waals surface area (Å²) in [6.07, 6.45) is 1.28. The molecule has 0 aliphatic rings. The van der Waals surface area contributed by atoms with Crippen molar-refractivity contribution in [3.63, 3.8) is 0 Å². The summed E-state index contributed by atoms with van der Waals surface area (Å²) < 4.78 is 39.4. The van der Waals surface area contributed by atoms with Gasteiger partial charge in [-0.1, -0.05) is 48.9 Å². The fourth-order valence-corrected chi connectivity index (χ4v) is 4.26. The van der Waals surface area contributed by atoms with Crippen molar-refractivity contribution >= 4 is 39.1 Å². The number of benzene rings is 2. The van der Waals surface area contributed by atoms with Crippen LogP contribution in [0.1, 0.15) is 25.8 Å². The number of rotatable bonds is 10. The van der Waals surface area contributed by atoms with E-state index in [4.69, 9.17) is 11.6 Å². The van der Waals surface area contributed by atoms with Crippen molar-refractivity contribution in [1.82, 2.24) is 10.2 Å². The number of nitrogens with zero attached hydrogens (tertiary/aromatic N) is 2. The minimum absolute atomic E-state index is 0.0537. The molecule has 2 aromatic rings. The SMILES string of the molecule is CCNC(=O)[C@H](CC)N(Cc1ccccc1)C(=O)CN(c1ccc(F)c(Cl)c1)S(C)(=O)=O. The zero-order valence-electron chi connectivity index (χ0n) is 18.2. The molecule has 174 valence electrons. The van der Waals surface area contributed by atoms with Crippen LogP contribution in [-0.4, -0.2) is 50.5 Å². The Bertz CT molecular complexity index is 1050. The molecule has 0 fully saturated rings. The molecular weight excluding hydrogens is 457 g/mol. The lowest BCUT2D eigenvalue weighted by Crippen LogP contribution is -2.52. The first-order chi connectivity index (χ1) is 15.1. The van der Waals surface area contributed by atoms with Gasteiger partial charge in [-0.25, -0.2) is 12.8 Å². The third kappa shape index (κ3) is 6.67. The molecule has 0 saturated carbocycles. The third-order valence-electron chi connectivity index (χ3n) is 4.80. The van der Waals surface area contributed by atoms with Crippen molar-refractivity contribution in [2.24, 2.45) is 0 Å². The summed E-state index contributed by atoms with van der Waals surface area (Å²) in [7, 11) is -3.91. The van der Waals surface area contributed by atoms with E-state index < -0.39 is 34.3 Å². The zero-order valence-corrected chi connectivity index (χ0v) is 19.8. The third-order valence-corrected chi connectivity index (χ3v) is 6.23. The van der Waals surface area contributed by atoms with Gasteiger partial charge in [0.05, 0.1) is 17.0 Å². The van der Waals surface area contributed by atoms with Crippen LogP contribution in [0.3, 0.4) is 0 Å². The Hall–Kier alpha value is -2.65. The van der Waals surface area contributed by atoms with Gasteiger partial charge in [0.25, 0.3) is 0 Å². The lowest BCUT2D eigenvalue weighted by Gasteiger charge is -2.32. The predicted octanol–water partition coefficient (Wildman–Crippen LogP) is 3.19. The Morgan fingerprint density at radius 2 is 1.78 bits per heavy atom. The number of carbonyl (C=O) groups excluding carboxylic acids is 2. The fourth-order valence-electron chi connectivity index (χ4n) is 3.25. The monoisotopic (exact) mass is 483 g/mol. The van der Waals surface area contributed by atoms with Gasteiger partial charge < -0.3 is 10.2 Å². The van der Waals surface area contributed by atoms with E-state index in [9.17, 15) is 22.4 Å². The van der Waals surface area contributed by atoms with Crippen LogP contribution in [0.25, 0.3) is 0 Å². The number of hydrogen-bond acceptors (Lipinski definition) is 4. The average molecular weight is 484 g/mol. The molecule has 0 saturated heterocycles. The lowest BCUT2D eigenvalue weighted by molar-refractivity contribution is -0.140. The van der Waals surface area contributed by atoms with Crippen LogP contribution in [0.4, 0.5) is 10.1 Å². The minimum atomic E-state index is -3.91. The van der Waals surface area contributed by atoms with Gasteiger partial charge in [0.2, 0.25) is 21.8 Å². The molecule has 2 rings (SSSR count). The van der Waals surface area contributed by atoms with Crippen molar-refractivity contribution in [3.05, 3.63) is 64.9 Å². The average Bonchev–Trinajstić information content (AvgIpc) is 2.74. The standard InChI is InChI=1S/C22H27ClFN3O4S/c1-4-20(22(29)25-5-2)26(14-16-9-7-6-8-10-16)21(28)15-27(32(3,30)31)17-11-12-19(24)18(23)13-17/h6-13,20H,4-5,14-15H2,1-3H3,(H,25,29)/t20-/m0/s1. The number of carbonyl (C=O) groups is 2. The van der Waals surface area contributed by atoms with E-state index in [1.54, 1.807) is 13.8 Å². The summed E-state index contributed by atoms with van der Waals surface area (Å²) in [5.74, 6) is -1.60. The number of sulfonamides is 1. The Morgan fingerprint density at radius 1 is 1.12 bits per heavy atom. The summed E-state index contributed by atoms with van der Waals surface area (Å²) in [5, 5.41) is 2.46. The second-order valence-corrected chi connectivity index (χ2v) is 9.51. The van der Waals surface area contributed by atoms with Gasteiger partial charge in [0.15, 0.2) is 0 Å². The van der Waals surface area contributed by atoms with E-state index in [1.165, 1.54) is 11.0 Å². The highest BCUT2D eigenvalue weighted by Crippen LogP contribution is 2.25. The zero-order chi connectivity index (χ0) is 23.9. The van der Waals surface area contributed by atoms with Gasteiger partial charge in [-0.3, -0.25) is 13.9 Å². The molecule has 0 bridgehead atoms. The Labute approximate surface area is 193 Å². The quantitative estimate of drug-likeness (QED) is 0.562. The molecule has 0 aliphatic heterocycles. The van der Waals surface area contributed by atoms with E-state index in [2.05, 4.69) is 5.32 Å². The second-order valence-electron chi connectivity index (χ2n) is 7.19. The molecule has 0 unspecified atom stereocenters. The predicted molar refractivity (Wildman–Crippen MR) is 123 cm³/mol. The number of hydrogen-bond donors (Lipinski definition) is 1. The summed E-state index contributed by atoms with van der Waals surface area (Å²) in [6, 6.07) is 11.7. The Kier molecular flexibility index (Phi) is 9.03. The van der Waals surface area contributed by atoms with Gasteiger partial charge in [-0.15, -0.1) is 0 Å². The van der Waals surface area contributed by atoms with Crippen LogP contribution in [0.5, 0.6) is 0 Å². The van der Waals surface area contributed by atoms with Crippen LogP contribution in [0.15, 0.2) is 48.5 Å². The molecule has 0 aromatic heterocycles. The first kappa shape index (κ1) is 25.6. The van der Waals surface area contributed by atoms with Crippen LogP contribution in [0, 0.1) is 5.82 Å². The summed E-state index contributed by atoms with van der Waals surface area (Å²) in [5.41, 5.74) is 0.845. The summed E-state index contributed by atoms with van der Waals surface area (Å²) in [4.78, 5) is 27.4. The van der Waals surface area contributed by atoms with Crippen molar-refractivity contribution in [2.45, 2.75) is 32.9 Å². The van der Waals surface area contributed by atoms with E-state index in [1.807, 2.05) is 30.3 Å². The molecule has 7 nitrogen and oxygen atoms in total. The van der Waals surface area contributed by atoms with Crippen molar-refractivity contribution < 1.29 is 22.4 Å². The number of amides is 2. The number of halogens is 2. The molecule has 2 amide bonds. The summed E-state index contributed by atoms with van der Waals surface area (Å²) in [6.45, 7) is 3.50. The first-order valence-electron chi connectivity index (χ1n) is 10.1. The van der Waals surface area contributed by atoms with Gasteiger partial charge in [-0.2, -0.15) is 0 Å². The molecule has 2 aromatic carbocycles. The van der Waals surface area contributed by atoms with E-state index in [-0.39, 0.29) is 23.2 Å². The lowest BCUT2D eigenvalue weighted by atomic mass is 10.1. The highest BCUT2D eigenvalue weighted by Gasteiger charge is 2.31. The molecular formula is C22H27ClFN3O4S. The maximum atomic E-state index is 13.6. The van der Waals surface area contributed by atoms with Gasteiger partial charge in [0, 0.05) is 13.1 Å². The van der Waals surface area contributed by atoms with Crippen LogP contribution in [-0.2, 0) is 26.2 Å². The number of nitrogens with one attached hydrogen (secondary N) is 1. The topological polar surface area (TPSA) is 86.8 Å². The number of likely N-dealkylation sites (N-methyl/N-ethyl adjacent to an activating group) is 1. The van der Waals surface area contributed by atoms with Crippen LogP contribution >= 0.6 is 11.6 Å². The molecule has 1 N–H and O–H groups in total. The maximum absolute atomic E-state index is 13.6. The van der Waals surface area contributed by atoms with E-state index in [0.29, 0.717) is 13.0 Å². The maximum Gasteiger partial charge on any atom is 0.244 e. The highest BCUT2D eigenvalue weighted by atomic mass is 35.5. The van der Waals surface area contributed by atoms with E-state index in [0.717, 1.165) is 28.3 Å². The molecule has 32 heavy (non-hydrogen) atoms. The molecule has 10 heteroatoms. The van der Waals surface area contributed by atoms with Crippen molar-refractivity contribution in [2.75, 3.05) is 23.7 Å². The van der Waals surface area contributed by atoms with Crippen molar-refractivity contribution in [1.29, 1.82) is 0 Å². The molecule has 0 spiro atoms. The van der Waals surface area contributed by atoms with Crippen molar-refractivity contribution in [3.8, 4) is 0 Å². The van der Waals surface area contributed by atoms with Gasteiger partial charge >= 0.3 is 0 Å².